The zero-order valence-corrected chi connectivity index (χ0v) is 19.0. The van der Waals surface area contributed by atoms with Gasteiger partial charge in [0.25, 0.3) is 5.56 Å². The Morgan fingerprint density at radius 1 is 1.06 bits per heavy atom. The predicted molar refractivity (Wildman–Crippen MR) is 128 cm³/mol. The van der Waals surface area contributed by atoms with Crippen molar-refractivity contribution >= 4 is 39.8 Å². The maximum atomic E-state index is 13.4. The Morgan fingerprint density at radius 2 is 1.91 bits per heavy atom. The fourth-order valence-corrected chi connectivity index (χ4v) is 5.16. The molecule has 0 spiro atoms. The molecule has 4 heterocycles. The van der Waals surface area contributed by atoms with Gasteiger partial charge in [0.05, 0.1) is 22.3 Å². The number of thiophene rings is 1. The Balaban J connectivity index is 1.46. The fourth-order valence-electron chi connectivity index (χ4n) is 3.75. The van der Waals surface area contributed by atoms with Gasteiger partial charge in [0.15, 0.2) is 5.16 Å². The molecule has 0 amide bonds. The van der Waals surface area contributed by atoms with E-state index in [0.717, 1.165) is 22.3 Å². The summed E-state index contributed by atoms with van der Waals surface area (Å²) in [5.41, 5.74) is 3.30. The van der Waals surface area contributed by atoms with Crippen LogP contribution in [0.3, 0.4) is 0 Å². The molecule has 0 aliphatic heterocycles. The molecule has 2 aromatic carbocycles. The number of aromatic nitrogens is 6. The minimum Gasteiger partial charge on any atom is -0.338 e. The highest BCUT2D eigenvalue weighted by molar-refractivity contribution is 7.98. The highest BCUT2D eigenvalue weighted by atomic mass is 32.2. The molecule has 10 heteroatoms. The third-order valence-electron chi connectivity index (χ3n) is 5.32. The van der Waals surface area contributed by atoms with Crippen LogP contribution in [0.4, 0.5) is 0 Å². The zero-order chi connectivity index (χ0) is 22.4. The Morgan fingerprint density at radius 3 is 2.76 bits per heavy atom. The molecule has 0 fully saturated rings. The molecule has 4 aromatic heterocycles. The quantitative estimate of drug-likeness (QED) is 0.335. The van der Waals surface area contributed by atoms with E-state index in [1.807, 2.05) is 76.7 Å². The van der Waals surface area contributed by atoms with Crippen molar-refractivity contribution in [2.24, 2.45) is 0 Å². The Hall–Kier alpha value is -3.76. The van der Waals surface area contributed by atoms with Crippen LogP contribution in [-0.4, -0.2) is 29.3 Å². The summed E-state index contributed by atoms with van der Waals surface area (Å²) in [5.74, 6) is 1.95. The molecule has 0 aliphatic carbocycles. The monoisotopic (exact) mass is 472 g/mol. The second-order valence-electron chi connectivity index (χ2n) is 7.37. The molecule has 33 heavy (non-hydrogen) atoms. The first-order valence-electron chi connectivity index (χ1n) is 10.1. The molecule has 0 unspecified atom stereocenters. The lowest BCUT2D eigenvalue weighted by atomic mass is 10.2. The number of aryl methyl sites for hydroxylation is 1. The van der Waals surface area contributed by atoms with Crippen LogP contribution < -0.4 is 5.56 Å². The van der Waals surface area contributed by atoms with Gasteiger partial charge in [-0.05, 0) is 42.1 Å². The summed E-state index contributed by atoms with van der Waals surface area (Å²) in [6, 6.07) is 17.2. The molecular formula is C23H16N6O2S2. The van der Waals surface area contributed by atoms with Crippen LogP contribution in [0.25, 0.3) is 33.8 Å². The number of hydrogen-bond acceptors (Lipinski definition) is 8. The first-order valence-corrected chi connectivity index (χ1v) is 12.1. The summed E-state index contributed by atoms with van der Waals surface area (Å²) in [6.07, 6.45) is 0. The van der Waals surface area contributed by atoms with Crippen LogP contribution in [0, 0.1) is 6.92 Å². The van der Waals surface area contributed by atoms with Crippen molar-refractivity contribution < 1.29 is 4.52 Å². The average molecular weight is 473 g/mol. The Labute approximate surface area is 195 Å². The zero-order valence-electron chi connectivity index (χ0n) is 17.4. The number of fused-ring (bicyclic) bond motifs is 3. The number of rotatable bonds is 5. The van der Waals surface area contributed by atoms with Gasteiger partial charge in [0.2, 0.25) is 17.5 Å². The van der Waals surface area contributed by atoms with Gasteiger partial charge in [0, 0.05) is 10.9 Å². The van der Waals surface area contributed by atoms with Gasteiger partial charge in [-0.1, -0.05) is 47.3 Å². The molecule has 8 nitrogen and oxygen atoms in total. The van der Waals surface area contributed by atoms with Gasteiger partial charge >= 0.3 is 0 Å². The molecule has 0 atom stereocenters. The lowest BCUT2D eigenvalue weighted by molar-refractivity contribution is 0.391. The van der Waals surface area contributed by atoms with E-state index in [-0.39, 0.29) is 5.56 Å². The van der Waals surface area contributed by atoms with Crippen molar-refractivity contribution in [2.45, 2.75) is 17.8 Å². The minimum absolute atomic E-state index is 0.131. The third kappa shape index (κ3) is 3.35. The van der Waals surface area contributed by atoms with Gasteiger partial charge < -0.3 is 4.52 Å². The van der Waals surface area contributed by atoms with E-state index >= 15 is 0 Å². The highest BCUT2D eigenvalue weighted by Crippen LogP contribution is 2.27. The van der Waals surface area contributed by atoms with E-state index in [1.54, 1.807) is 15.9 Å². The van der Waals surface area contributed by atoms with Crippen molar-refractivity contribution in [2.75, 3.05) is 0 Å². The average Bonchev–Trinajstić information content (AvgIpc) is 3.60. The lowest BCUT2D eigenvalue weighted by Gasteiger charge is -2.13. The summed E-state index contributed by atoms with van der Waals surface area (Å²) in [5, 5.41) is 18.0. The largest absolute Gasteiger partial charge is 0.338 e. The van der Waals surface area contributed by atoms with Gasteiger partial charge in [-0.15, -0.1) is 10.2 Å². The standard InChI is InChI=1S/C23H16N6O2S2/c1-14-6-2-4-8-17(14)28-21(30)16-7-3-5-9-18(16)29-22(28)25-26-23(29)33-13-19-24-20(27-31-19)15-10-11-32-12-15/h2-12H,13H2,1H3. The van der Waals surface area contributed by atoms with Crippen LogP contribution in [0.15, 0.2) is 79.8 Å². The molecule has 0 saturated carbocycles. The minimum atomic E-state index is -0.131. The number of benzene rings is 2. The van der Waals surface area contributed by atoms with Gasteiger partial charge in [-0.3, -0.25) is 9.20 Å². The van der Waals surface area contributed by atoms with Crippen LogP contribution in [0.2, 0.25) is 0 Å². The SMILES string of the molecule is Cc1ccccc1-n1c(=O)c2ccccc2n2c(SCc3nc(-c4ccsc4)no3)nnc12. The van der Waals surface area contributed by atoms with Crippen LogP contribution in [0.1, 0.15) is 11.5 Å². The first-order chi connectivity index (χ1) is 16.2. The summed E-state index contributed by atoms with van der Waals surface area (Å²) >= 11 is 3.01. The topological polar surface area (TPSA) is 91.1 Å². The maximum absolute atomic E-state index is 13.4. The summed E-state index contributed by atoms with van der Waals surface area (Å²) < 4.78 is 8.95. The normalized spacial score (nSPS) is 11.5. The van der Waals surface area contributed by atoms with E-state index in [1.165, 1.54) is 11.8 Å². The number of nitrogens with zero attached hydrogens (tertiary/aromatic N) is 6. The molecule has 0 aliphatic rings. The molecule has 0 saturated heterocycles. The van der Waals surface area contributed by atoms with Gasteiger partial charge in [0.1, 0.15) is 0 Å². The predicted octanol–water partition coefficient (Wildman–Crippen LogP) is 4.75. The van der Waals surface area contributed by atoms with Crippen LogP contribution in [-0.2, 0) is 5.75 Å². The second kappa shape index (κ2) is 7.98. The highest BCUT2D eigenvalue weighted by Gasteiger charge is 2.19. The number of thioether (sulfide) groups is 1. The fraction of sp³-hybridized carbons (Fsp3) is 0.0870. The number of hydrogen-bond donors (Lipinski definition) is 0. The van der Waals surface area contributed by atoms with Crippen molar-refractivity contribution in [3.63, 3.8) is 0 Å². The Bertz CT molecular complexity index is 1670. The molecular weight excluding hydrogens is 456 g/mol. The van der Waals surface area contributed by atoms with Crippen molar-refractivity contribution in [1.29, 1.82) is 0 Å². The van der Waals surface area contributed by atoms with E-state index < -0.39 is 0 Å². The first kappa shape index (κ1) is 19.9. The van der Waals surface area contributed by atoms with Crippen molar-refractivity contribution in [1.82, 2.24) is 29.3 Å². The van der Waals surface area contributed by atoms with Gasteiger partial charge in [-0.2, -0.15) is 16.3 Å². The van der Waals surface area contributed by atoms with Crippen molar-refractivity contribution in [3.8, 4) is 17.1 Å². The van der Waals surface area contributed by atoms with Crippen molar-refractivity contribution in [3.05, 3.63) is 87.2 Å². The lowest BCUT2D eigenvalue weighted by Crippen LogP contribution is -2.22. The van der Waals surface area contributed by atoms with E-state index in [0.29, 0.717) is 33.8 Å². The molecule has 0 radical (unpaired) electrons. The summed E-state index contributed by atoms with van der Waals surface area (Å²) in [4.78, 5) is 17.9. The van der Waals surface area contributed by atoms with Gasteiger partial charge in [-0.25, -0.2) is 4.57 Å². The second-order valence-corrected chi connectivity index (χ2v) is 9.10. The summed E-state index contributed by atoms with van der Waals surface area (Å²) in [6.45, 7) is 1.97. The maximum Gasteiger partial charge on any atom is 0.267 e. The van der Waals surface area contributed by atoms with E-state index in [9.17, 15) is 4.79 Å². The molecule has 0 bridgehead atoms. The van der Waals surface area contributed by atoms with E-state index in [2.05, 4.69) is 20.3 Å². The van der Waals surface area contributed by atoms with Crippen LogP contribution >= 0.6 is 23.1 Å². The number of para-hydroxylation sites is 2. The molecule has 162 valence electrons. The molecule has 6 aromatic rings. The molecule has 0 N–H and O–H groups in total. The van der Waals surface area contributed by atoms with E-state index in [4.69, 9.17) is 4.52 Å². The summed E-state index contributed by atoms with van der Waals surface area (Å²) in [7, 11) is 0. The smallest absolute Gasteiger partial charge is 0.267 e. The third-order valence-corrected chi connectivity index (χ3v) is 6.92. The van der Waals surface area contributed by atoms with Crippen LogP contribution in [0.5, 0.6) is 0 Å². The molecule has 6 rings (SSSR count). The Kier molecular flexibility index (Phi) is 4.81.